The summed E-state index contributed by atoms with van der Waals surface area (Å²) in [4.78, 5) is 12.3. The van der Waals surface area contributed by atoms with Gasteiger partial charge in [-0.3, -0.25) is 4.79 Å². The van der Waals surface area contributed by atoms with Gasteiger partial charge in [0.05, 0.1) is 17.1 Å². The summed E-state index contributed by atoms with van der Waals surface area (Å²) in [5, 5.41) is 12.9. The van der Waals surface area contributed by atoms with Crippen molar-refractivity contribution >= 4 is 17.7 Å². The number of thioether (sulfide) groups is 1. The van der Waals surface area contributed by atoms with E-state index < -0.39 is 23.3 Å². The average molecular weight is 347 g/mol. The first-order valence-corrected chi connectivity index (χ1v) is 8.66. The van der Waals surface area contributed by atoms with Crippen LogP contribution in [0.2, 0.25) is 0 Å². The van der Waals surface area contributed by atoms with Crippen LogP contribution >= 0.6 is 11.8 Å². The highest BCUT2D eigenvalue weighted by molar-refractivity contribution is 7.99. The summed E-state index contributed by atoms with van der Waals surface area (Å²) in [6.45, 7) is 1.89. The second-order valence-corrected chi connectivity index (χ2v) is 6.93. The van der Waals surface area contributed by atoms with E-state index in [9.17, 15) is 23.1 Å². The maximum Gasteiger partial charge on any atom is 0.416 e. The van der Waals surface area contributed by atoms with Crippen molar-refractivity contribution in [3.8, 4) is 0 Å². The fourth-order valence-electron chi connectivity index (χ4n) is 2.61. The molecule has 2 atom stereocenters. The Morgan fingerprint density at radius 3 is 2.78 bits per heavy atom. The molecule has 0 aromatic heterocycles. The summed E-state index contributed by atoms with van der Waals surface area (Å²) >= 11 is 1.62. The summed E-state index contributed by atoms with van der Waals surface area (Å²) in [5.74, 6) is 0.400. The van der Waals surface area contributed by atoms with Gasteiger partial charge in [-0.25, -0.2) is 0 Å². The van der Waals surface area contributed by atoms with Crippen molar-refractivity contribution in [1.29, 1.82) is 0 Å². The van der Waals surface area contributed by atoms with Gasteiger partial charge in [-0.1, -0.05) is 25.1 Å². The van der Waals surface area contributed by atoms with E-state index >= 15 is 0 Å². The predicted octanol–water partition coefficient (Wildman–Crippen LogP) is 3.18. The lowest BCUT2D eigenvalue weighted by Gasteiger charge is -2.24. The van der Waals surface area contributed by atoms with E-state index in [2.05, 4.69) is 5.32 Å². The Morgan fingerprint density at radius 1 is 1.48 bits per heavy atom. The van der Waals surface area contributed by atoms with Gasteiger partial charge in [-0.05, 0) is 30.2 Å². The summed E-state index contributed by atoms with van der Waals surface area (Å²) < 4.78 is 38.4. The van der Waals surface area contributed by atoms with Crippen LogP contribution in [0.15, 0.2) is 24.3 Å². The Labute approximate surface area is 137 Å². The fourth-order valence-corrected chi connectivity index (χ4v) is 3.91. The molecule has 1 fully saturated rings. The van der Waals surface area contributed by atoms with Gasteiger partial charge < -0.3 is 10.4 Å². The molecule has 7 heteroatoms. The van der Waals surface area contributed by atoms with Crippen molar-refractivity contribution in [2.24, 2.45) is 0 Å². The van der Waals surface area contributed by atoms with Gasteiger partial charge in [0.15, 0.2) is 0 Å². The van der Waals surface area contributed by atoms with E-state index in [0.717, 1.165) is 17.9 Å². The number of carbonyl (C=O) groups excluding carboxylic acids is 1. The molecule has 3 nitrogen and oxygen atoms in total. The Balaban J connectivity index is 2.08. The molecule has 2 unspecified atom stereocenters. The fraction of sp³-hybridized carbons (Fsp3) is 0.562. The quantitative estimate of drug-likeness (QED) is 0.860. The molecule has 0 spiro atoms. The van der Waals surface area contributed by atoms with E-state index in [4.69, 9.17) is 0 Å². The highest BCUT2D eigenvalue weighted by Gasteiger charge is 2.34. The monoisotopic (exact) mass is 347 g/mol. The number of carbonyl (C=O) groups is 1. The van der Waals surface area contributed by atoms with Crippen LogP contribution in [0.4, 0.5) is 13.2 Å². The van der Waals surface area contributed by atoms with Gasteiger partial charge in [0.25, 0.3) is 0 Å². The van der Waals surface area contributed by atoms with Crippen LogP contribution in [0.25, 0.3) is 0 Å². The summed E-state index contributed by atoms with van der Waals surface area (Å²) in [6, 6.07) is 4.86. The minimum absolute atomic E-state index is 0.133. The van der Waals surface area contributed by atoms with Gasteiger partial charge in [0.2, 0.25) is 5.91 Å². The van der Waals surface area contributed by atoms with E-state index in [1.54, 1.807) is 18.7 Å². The van der Waals surface area contributed by atoms with Crippen molar-refractivity contribution in [2.45, 2.75) is 37.5 Å². The standard InChI is InChI=1S/C16H20F3NO2S/c1-2-13(11-4-3-5-12(8-11)16(17,18)19)14(21)20-9-15(22)6-7-23-10-15/h3-5,8,13,22H,2,6-7,9-10H2,1H3,(H,20,21). The lowest BCUT2D eigenvalue weighted by atomic mass is 9.93. The SMILES string of the molecule is CCC(C(=O)NCC1(O)CCSC1)c1cccc(C(F)(F)F)c1. The molecular weight excluding hydrogens is 327 g/mol. The molecule has 1 heterocycles. The van der Waals surface area contributed by atoms with Crippen LogP contribution < -0.4 is 5.32 Å². The van der Waals surface area contributed by atoms with Crippen LogP contribution in [0, 0.1) is 0 Å². The number of amides is 1. The molecule has 2 N–H and O–H groups in total. The smallest absolute Gasteiger partial charge is 0.387 e. The minimum atomic E-state index is -4.43. The molecule has 2 rings (SSSR count). The second kappa shape index (κ2) is 7.13. The lowest BCUT2D eigenvalue weighted by molar-refractivity contribution is -0.137. The molecule has 0 radical (unpaired) electrons. The number of nitrogens with one attached hydrogen (secondary N) is 1. The van der Waals surface area contributed by atoms with Crippen LogP contribution in [0.5, 0.6) is 0 Å². The molecule has 0 aliphatic carbocycles. The van der Waals surface area contributed by atoms with Crippen molar-refractivity contribution < 1.29 is 23.1 Å². The molecular formula is C16H20F3NO2S. The predicted molar refractivity (Wildman–Crippen MR) is 84.4 cm³/mol. The summed E-state index contributed by atoms with van der Waals surface area (Å²) in [7, 11) is 0. The number of benzene rings is 1. The summed E-state index contributed by atoms with van der Waals surface area (Å²) in [5.41, 5.74) is -1.33. The molecule has 1 aliphatic heterocycles. The largest absolute Gasteiger partial charge is 0.416 e. The highest BCUT2D eigenvalue weighted by Crippen LogP contribution is 2.32. The number of hydrogen-bond acceptors (Lipinski definition) is 3. The van der Waals surface area contributed by atoms with Crippen molar-refractivity contribution in [2.75, 3.05) is 18.1 Å². The zero-order chi connectivity index (χ0) is 17.1. The average Bonchev–Trinajstić information content (AvgIpc) is 2.93. The number of alkyl halides is 3. The van der Waals surface area contributed by atoms with Gasteiger partial charge in [-0.15, -0.1) is 0 Å². The molecule has 1 aromatic carbocycles. The minimum Gasteiger partial charge on any atom is -0.387 e. The van der Waals surface area contributed by atoms with Crippen LogP contribution in [0.1, 0.15) is 36.8 Å². The van der Waals surface area contributed by atoms with Crippen molar-refractivity contribution in [3.63, 3.8) is 0 Å². The van der Waals surface area contributed by atoms with E-state index in [1.807, 2.05) is 0 Å². The van der Waals surface area contributed by atoms with Crippen LogP contribution in [-0.2, 0) is 11.0 Å². The molecule has 0 bridgehead atoms. The topological polar surface area (TPSA) is 49.3 Å². The molecule has 1 saturated heterocycles. The Hall–Kier alpha value is -1.21. The molecule has 128 valence electrons. The van der Waals surface area contributed by atoms with Crippen molar-refractivity contribution in [1.82, 2.24) is 5.32 Å². The first-order chi connectivity index (χ1) is 10.7. The van der Waals surface area contributed by atoms with Crippen LogP contribution in [-0.4, -0.2) is 34.7 Å². The molecule has 1 aromatic rings. The van der Waals surface area contributed by atoms with Gasteiger partial charge in [0, 0.05) is 12.3 Å². The lowest BCUT2D eigenvalue weighted by Crippen LogP contribution is -2.44. The molecule has 23 heavy (non-hydrogen) atoms. The second-order valence-electron chi connectivity index (χ2n) is 5.83. The number of rotatable bonds is 5. The zero-order valence-electron chi connectivity index (χ0n) is 12.8. The number of halogens is 3. The van der Waals surface area contributed by atoms with E-state index in [1.165, 1.54) is 12.1 Å². The third-order valence-electron chi connectivity index (χ3n) is 4.02. The van der Waals surface area contributed by atoms with Gasteiger partial charge in [0.1, 0.15) is 0 Å². The molecule has 1 amide bonds. The first kappa shape index (κ1) is 18.1. The maximum absolute atomic E-state index is 12.8. The van der Waals surface area contributed by atoms with E-state index in [0.29, 0.717) is 24.2 Å². The Morgan fingerprint density at radius 2 is 2.22 bits per heavy atom. The summed E-state index contributed by atoms with van der Waals surface area (Å²) in [6.07, 6.45) is -3.43. The highest BCUT2D eigenvalue weighted by atomic mass is 32.2. The number of aliphatic hydroxyl groups is 1. The number of hydrogen-bond donors (Lipinski definition) is 2. The maximum atomic E-state index is 12.8. The third kappa shape index (κ3) is 4.64. The van der Waals surface area contributed by atoms with Crippen molar-refractivity contribution in [3.05, 3.63) is 35.4 Å². The Bertz CT molecular complexity index is 557. The van der Waals surface area contributed by atoms with Gasteiger partial charge in [-0.2, -0.15) is 24.9 Å². The first-order valence-electron chi connectivity index (χ1n) is 7.50. The van der Waals surface area contributed by atoms with Crippen LogP contribution in [0.3, 0.4) is 0 Å². The normalized spacial score (nSPS) is 22.8. The third-order valence-corrected chi connectivity index (χ3v) is 5.25. The van der Waals surface area contributed by atoms with E-state index in [-0.39, 0.29) is 12.5 Å². The van der Waals surface area contributed by atoms with Gasteiger partial charge >= 0.3 is 6.18 Å². The Kier molecular flexibility index (Phi) is 5.62. The molecule has 0 saturated carbocycles. The molecule has 1 aliphatic rings. The zero-order valence-corrected chi connectivity index (χ0v) is 13.6.